The van der Waals surface area contributed by atoms with Gasteiger partial charge in [0.1, 0.15) is 6.17 Å². The zero-order chi connectivity index (χ0) is 13.1. The fraction of sp³-hybridized carbons (Fsp3) is 0.545. The van der Waals surface area contributed by atoms with Gasteiger partial charge in [0.05, 0.1) is 19.2 Å². The quantitative estimate of drug-likeness (QED) is 0.777. The van der Waals surface area contributed by atoms with Crippen LogP contribution in [0.1, 0.15) is 16.9 Å². The van der Waals surface area contributed by atoms with Crippen molar-refractivity contribution in [3.05, 3.63) is 17.8 Å². The minimum absolute atomic E-state index is 0.126. The van der Waals surface area contributed by atoms with Crippen molar-refractivity contribution in [2.75, 3.05) is 25.1 Å². The van der Waals surface area contributed by atoms with Gasteiger partial charge in [-0.1, -0.05) is 0 Å². The van der Waals surface area contributed by atoms with E-state index in [1.807, 2.05) is 0 Å². The van der Waals surface area contributed by atoms with E-state index in [0.717, 1.165) is 0 Å². The number of alkyl halides is 1. The Hall–Kier alpha value is -1.76. The van der Waals surface area contributed by atoms with Crippen molar-refractivity contribution in [1.82, 2.24) is 15.5 Å². The number of carbonyl (C=O) groups is 1. The van der Waals surface area contributed by atoms with Crippen molar-refractivity contribution in [2.45, 2.75) is 18.6 Å². The second-order valence-electron chi connectivity index (χ2n) is 4.18. The minimum atomic E-state index is -0.970. The molecule has 18 heavy (non-hydrogen) atoms. The third kappa shape index (κ3) is 2.40. The van der Waals surface area contributed by atoms with Crippen LogP contribution in [-0.4, -0.2) is 53.6 Å². The monoisotopic (exact) mass is 254 g/mol. The van der Waals surface area contributed by atoms with Crippen molar-refractivity contribution in [1.29, 1.82) is 0 Å². The van der Waals surface area contributed by atoms with Gasteiger partial charge in [0.15, 0.2) is 11.5 Å². The number of hydrogen-bond acceptors (Lipinski definition) is 5. The van der Waals surface area contributed by atoms with Gasteiger partial charge in [0.25, 0.3) is 5.91 Å². The lowest BCUT2D eigenvalue weighted by Crippen LogP contribution is -2.33. The van der Waals surface area contributed by atoms with Crippen LogP contribution < -0.4 is 10.2 Å². The molecule has 1 fully saturated rings. The summed E-state index contributed by atoms with van der Waals surface area (Å²) in [4.78, 5) is 13.0. The first-order chi connectivity index (χ1) is 8.65. The Bertz CT molecular complexity index is 426. The van der Waals surface area contributed by atoms with Gasteiger partial charge >= 0.3 is 0 Å². The first kappa shape index (κ1) is 12.7. The van der Waals surface area contributed by atoms with Gasteiger partial charge in [-0.3, -0.25) is 4.79 Å². The Balaban J connectivity index is 2.16. The van der Waals surface area contributed by atoms with Crippen LogP contribution in [0.4, 0.5) is 10.2 Å². The molecular weight excluding hydrogens is 239 g/mol. The van der Waals surface area contributed by atoms with Gasteiger partial charge in [0, 0.05) is 13.5 Å². The summed E-state index contributed by atoms with van der Waals surface area (Å²) < 4.78 is 13.3. The van der Waals surface area contributed by atoms with Crippen molar-refractivity contribution >= 4 is 11.7 Å². The number of halogens is 1. The third-order valence-corrected chi connectivity index (χ3v) is 2.98. The maximum Gasteiger partial charge on any atom is 0.271 e. The molecular formula is C11H15FN4O2. The summed E-state index contributed by atoms with van der Waals surface area (Å²) in [7, 11) is 1.51. The largest absolute Gasteiger partial charge is 0.394 e. The molecule has 0 unspecified atom stereocenters. The topological polar surface area (TPSA) is 78.4 Å². The van der Waals surface area contributed by atoms with Crippen molar-refractivity contribution in [2.24, 2.45) is 0 Å². The molecule has 2 heterocycles. The molecule has 6 nitrogen and oxygen atoms in total. The smallest absolute Gasteiger partial charge is 0.271 e. The van der Waals surface area contributed by atoms with Crippen LogP contribution in [0, 0.1) is 0 Å². The summed E-state index contributed by atoms with van der Waals surface area (Å²) in [5.74, 6) is 0.152. The van der Waals surface area contributed by atoms with E-state index < -0.39 is 6.17 Å². The number of carbonyl (C=O) groups excluding carboxylic acids is 1. The van der Waals surface area contributed by atoms with E-state index in [1.165, 1.54) is 13.1 Å². The molecule has 0 spiro atoms. The molecule has 0 saturated carbocycles. The second kappa shape index (κ2) is 5.26. The fourth-order valence-corrected chi connectivity index (χ4v) is 2.04. The highest BCUT2D eigenvalue weighted by Crippen LogP contribution is 2.25. The van der Waals surface area contributed by atoms with E-state index in [1.54, 1.807) is 11.0 Å². The lowest BCUT2D eigenvalue weighted by Gasteiger charge is -2.22. The van der Waals surface area contributed by atoms with Gasteiger partial charge in [-0.2, -0.15) is 0 Å². The summed E-state index contributed by atoms with van der Waals surface area (Å²) in [6, 6.07) is 2.86. The van der Waals surface area contributed by atoms with Gasteiger partial charge in [-0.25, -0.2) is 4.39 Å². The third-order valence-electron chi connectivity index (χ3n) is 2.98. The number of nitrogens with zero attached hydrogens (tertiary/aromatic N) is 3. The Kier molecular flexibility index (Phi) is 3.71. The average molecular weight is 254 g/mol. The SMILES string of the molecule is CNC(=O)c1ccc(N2C[C@@H](F)C[C@H]2CO)nn1. The fourth-order valence-electron chi connectivity index (χ4n) is 2.04. The van der Waals surface area contributed by atoms with Crippen LogP contribution in [0.15, 0.2) is 12.1 Å². The Morgan fingerprint density at radius 2 is 2.39 bits per heavy atom. The molecule has 1 aliphatic rings. The van der Waals surface area contributed by atoms with Gasteiger partial charge < -0.3 is 15.3 Å². The van der Waals surface area contributed by atoms with E-state index in [-0.39, 0.29) is 37.2 Å². The van der Waals surface area contributed by atoms with Crippen LogP contribution in [0.2, 0.25) is 0 Å². The number of aliphatic hydroxyl groups is 1. The predicted octanol–water partition coefficient (Wildman–Crippen LogP) is -0.255. The molecule has 98 valence electrons. The Labute approximate surface area is 104 Å². The predicted molar refractivity (Wildman–Crippen MR) is 63.2 cm³/mol. The van der Waals surface area contributed by atoms with Gasteiger partial charge in [-0.15, -0.1) is 10.2 Å². The number of aliphatic hydroxyl groups excluding tert-OH is 1. The van der Waals surface area contributed by atoms with Crippen molar-refractivity contribution in [3.8, 4) is 0 Å². The summed E-state index contributed by atoms with van der Waals surface area (Å²) in [5, 5.41) is 19.3. The second-order valence-corrected chi connectivity index (χ2v) is 4.18. The number of rotatable bonds is 3. The molecule has 0 aliphatic carbocycles. The number of amides is 1. The van der Waals surface area contributed by atoms with Crippen LogP contribution in [0.25, 0.3) is 0 Å². The zero-order valence-electron chi connectivity index (χ0n) is 10.0. The maximum atomic E-state index is 13.3. The van der Waals surface area contributed by atoms with Crippen LogP contribution >= 0.6 is 0 Å². The Morgan fingerprint density at radius 3 is 2.94 bits per heavy atom. The number of aromatic nitrogens is 2. The van der Waals surface area contributed by atoms with Gasteiger partial charge in [-0.05, 0) is 12.1 Å². The van der Waals surface area contributed by atoms with E-state index >= 15 is 0 Å². The molecule has 2 atom stereocenters. The van der Waals surface area contributed by atoms with Crippen molar-refractivity contribution < 1.29 is 14.3 Å². The van der Waals surface area contributed by atoms with Crippen molar-refractivity contribution in [3.63, 3.8) is 0 Å². The first-order valence-corrected chi connectivity index (χ1v) is 5.73. The molecule has 1 aromatic rings. The molecule has 1 aromatic heterocycles. The van der Waals surface area contributed by atoms with E-state index in [2.05, 4.69) is 15.5 Å². The summed E-state index contributed by atoms with van der Waals surface area (Å²) in [6.07, 6.45) is -0.683. The average Bonchev–Trinajstić information content (AvgIpc) is 2.79. The molecule has 0 bridgehead atoms. The van der Waals surface area contributed by atoms with E-state index in [0.29, 0.717) is 5.82 Å². The number of anilines is 1. The van der Waals surface area contributed by atoms with Crippen LogP contribution in [0.3, 0.4) is 0 Å². The number of hydrogen-bond donors (Lipinski definition) is 2. The lowest BCUT2D eigenvalue weighted by atomic mass is 10.2. The molecule has 1 aliphatic heterocycles. The highest BCUT2D eigenvalue weighted by molar-refractivity contribution is 5.91. The van der Waals surface area contributed by atoms with Gasteiger partial charge in [0.2, 0.25) is 0 Å². The molecule has 0 radical (unpaired) electrons. The van der Waals surface area contributed by atoms with Crippen LogP contribution in [-0.2, 0) is 0 Å². The highest BCUT2D eigenvalue weighted by Gasteiger charge is 2.32. The standard InChI is InChI=1S/C11H15FN4O2/c1-13-11(18)9-2-3-10(15-14-9)16-5-7(12)4-8(16)6-17/h2-3,7-8,17H,4-6H2,1H3,(H,13,18)/t7-,8-/m0/s1. The Morgan fingerprint density at radius 1 is 1.61 bits per heavy atom. The maximum absolute atomic E-state index is 13.3. The summed E-state index contributed by atoms with van der Waals surface area (Å²) in [6.45, 7) is 0.0680. The lowest BCUT2D eigenvalue weighted by molar-refractivity contribution is 0.0957. The molecule has 0 aromatic carbocycles. The van der Waals surface area contributed by atoms with E-state index in [4.69, 9.17) is 0 Å². The molecule has 2 N–H and O–H groups in total. The van der Waals surface area contributed by atoms with E-state index in [9.17, 15) is 14.3 Å². The molecule has 1 amide bonds. The summed E-state index contributed by atoms with van der Waals surface area (Å²) >= 11 is 0. The summed E-state index contributed by atoms with van der Waals surface area (Å²) in [5.41, 5.74) is 0.206. The zero-order valence-corrected chi connectivity index (χ0v) is 10.0. The highest BCUT2D eigenvalue weighted by atomic mass is 19.1. The molecule has 1 saturated heterocycles. The minimum Gasteiger partial charge on any atom is -0.394 e. The first-order valence-electron chi connectivity index (χ1n) is 5.73. The van der Waals surface area contributed by atoms with Crippen LogP contribution in [0.5, 0.6) is 0 Å². The molecule has 7 heteroatoms. The number of nitrogens with one attached hydrogen (secondary N) is 1. The molecule has 2 rings (SSSR count). The normalized spacial score (nSPS) is 23.2.